The molecule has 2 aromatic rings. The second-order valence-corrected chi connectivity index (χ2v) is 10.4. The maximum absolute atomic E-state index is 13.5. The fraction of sp³-hybridized carbons (Fsp3) is 0.393. The molecule has 7 heteroatoms. The van der Waals surface area contributed by atoms with E-state index in [0.717, 1.165) is 29.8 Å². The van der Waals surface area contributed by atoms with E-state index in [1.54, 1.807) is 13.2 Å². The maximum Gasteiger partial charge on any atom is 0.270 e. The van der Waals surface area contributed by atoms with E-state index in [1.807, 2.05) is 38.1 Å². The Morgan fingerprint density at radius 3 is 2.51 bits per heavy atom. The summed E-state index contributed by atoms with van der Waals surface area (Å²) in [6.45, 7) is 13.7. The van der Waals surface area contributed by atoms with Crippen LogP contribution in [-0.4, -0.2) is 36.1 Å². The van der Waals surface area contributed by atoms with E-state index in [2.05, 4.69) is 44.0 Å². The SMILES string of the molecule is CCN1c2cc(OC)c(/C=C3/C(=O)NC(=S)N(c4ccc(C)c(C)c4)C3=O)cc2C(C)CC1(C)C. The second kappa shape index (κ2) is 9.11. The monoisotopic (exact) mass is 491 g/mol. The molecule has 1 N–H and O–H groups in total. The molecule has 6 nitrogen and oxygen atoms in total. The van der Waals surface area contributed by atoms with Crippen molar-refractivity contribution in [1.29, 1.82) is 0 Å². The van der Waals surface area contributed by atoms with E-state index < -0.39 is 11.8 Å². The first-order chi connectivity index (χ1) is 16.5. The van der Waals surface area contributed by atoms with Crippen LogP contribution >= 0.6 is 12.2 Å². The number of ether oxygens (including phenoxy) is 1. The van der Waals surface area contributed by atoms with Crippen LogP contribution in [0.25, 0.3) is 6.08 Å². The number of aryl methyl sites for hydroxylation is 2. The highest BCUT2D eigenvalue weighted by molar-refractivity contribution is 7.80. The first kappa shape index (κ1) is 24.9. The van der Waals surface area contributed by atoms with Gasteiger partial charge in [-0.25, -0.2) is 0 Å². The summed E-state index contributed by atoms with van der Waals surface area (Å²) in [5.74, 6) is -0.0252. The molecule has 4 rings (SSSR count). The van der Waals surface area contributed by atoms with Crippen LogP contribution in [0.5, 0.6) is 5.75 Å². The topological polar surface area (TPSA) is 61.9 Å². The Morgan fingerprint density at radius 1 is 1.17 bits per heavy atom. The highest BCUT2D eigenvalue weighted by atomic mass is 32.1. The molecule has 0 spiro atoms. The summed E-state index contributed by atoms with van der Waals surface area (Å²) in [6.07, 6.45) is 2.62. The number of hydrogen-bond donors (Lipinski definition) is 1. The van der Waals surface area contributed by atoms with Gasteiger partial charge in [0.15, 0.2) is 5.11 Å². The largest absolute Gasteiger partial charge is 0.496 e. The number of hydrogen-bond acceptors (Lipinski definition) is 5. The van der Waals surface area contributed by atoms with Crippen molar-refractivity contribution >= 4 is 46.6 Å². The molecular formula is C28H33N3O3S. The minimum absolute atomic E-state index is 0.0196. The van der Waals surface area contributed by atoms with Gasteiger partial charge in [0.05, 0.1) is 12.8 Å². The highest BCUT2D eigenvalue weighted by Gasteiger charge is 2.37. The number of carbonyl (C=O) groups is 2. The van der Waals surface area contributed by atoms with E-state index in [1.165, 1.54) is 10.5 Å². The van der Waals surface area contributed by atoms with Gasteiger partial charge in [0.2, 0.25) is 0 Å². The number of fused-ring (bicyclic) bond motifs is 1. The van der Waals surface area contributed by atoms with Crippen molar-refractivity contribution in [2.75, 3.05) is 23.5 Å². The van der Waals surface area contributed by atoms with Gasteiger partial charge in [0, 0.05) is 29.4 Å². The standard InChI is InChI=1S/C28H33N3O3S/c1-8-30-23-14-24(34-7)19(12-21(23)18(4)15-28(30,5)6)13-22-25(32)29-27(35)31(26(22)33)20-10-9-16(2)17(3)11-20/h9-14,18H,8,15H2,1-7H3,(H,29,32,35)/b22-13-. The molecule has 2 aliphatic rings. The van der Waals surface area contributed by atoms with Gasteiger partial charge in [-0.2, -0.15) is 0 Å². The zero-order valence-corrected chi connectivity index (χ0v) is 22.3. The summed E-state index contributed by atoms with van der Waals surface area (Å²) in [7, 11) is 1.61. The zero-order valence-electron chi connectivity index (χ0n) is 21.5. The van der Waals surface area contributed by atoms with Gasteiger partial charge in [0.25, 0.3) is 11.8 Å². The van der Waals surface area contributed by atoms with Gasteiger partial charge in [-0.05, 0) is 100 Å². The van der Waals surface area contributed by atoms with Gasteiger partial charge < -0.3 is 9.64 Å². The molecule has 184 valence electrons. The van der Waals surface area contributed by atoms with Crippen LogP contribution in [0.15, 0.2) is 35.9 Å². The summed E-state index contributed by atoms with van der Waals surface area (Å²) in [5, 5.41) is 2.75. The van der Waals surface area contributed by atoms with Gasteiger partial charge >= 0.3 is 0 Å². The molecule has 0 aromatic heterocycles. The maximum atomic E-state index is 13.5. The third kappa shape index (κ3) is 4.33. The Kier molecular flexibility index (Phi) is 6.49. The van der Waals surface area contributed by atoms with Gasteiger partial charge in [-0.3, -0.25) is 19.8 Å². The molecule has 2 amide bonds. The lowest BCUT2D eigenvalue weighted by atomic mass is 9.79. The molecule has 1 saturated heterocycles. The molecule has 1 fully saturated rings. The summed E-state index contributed by atoms with van der Waals surface area (Å²) in [4.78, 5) is 30.2. The zero-order chi connectivity index (χ0) is 25.7. The Morgan fingerprint density at radius 2 is 1.89 bits per heavy atom. The molecule has 0 bridgehead atoms. The molecule has 0 aliphatic carbocycles. The molecular weight excluding hydrogens is 458 g/mol. The number of methoxy groups -OCH3 is 1. The second-order valence-electron chi connectivity index (χ2n) is 10.0. The van der Waals surface area contributed by atoms with Crippen molar-refractivity contribution in [2.45, 2.75) is 59.4 Å². The number of rotatable bonds is 4. The van der Waals surface area contributed by atoms with Crippen LogP contribution in [0.4, 0.5) is 11.4 Å². The Hall–Kier alpha value is -3.19. The Balaban J connectivity index is 1.81. The number of carbonyl (C=O) groups excluding carboxylic acids is 2. The van der Waals surface area contributed by atoms with Crippen LogP contribution in [-0.2, 0) is 9.59 Å². The Bertz CT molecular complexity index is 1260. The summed E-state index contributed by atoms with van der Waals surface area (Å²) in [5.41, 5.74) is 5.83. The molecule has 35 heavy (non-hydrogen) atoms. The minimum atomic E-state index is -0.510. The fourth-order valence-corrected chi connectivity index (χ4v) is 5.61. The predicted molar refractivity (Wildman–Crippen MR) is 145 cm³/mol. The van der Waals surface area contributed by atoms with Crippen molar-refractivity contribution in [2.24, 2.45) is 0 Å². The van der Waals surface area contributed by atoms with Crippen molar-refractivity contribution in [3.05, 3.63) is 58.2 Å². The quantitative estimate of drug-likeness (QED) is 0.359. The van der Waals surface area contributed by atoms with Crippen LogP contribution < -0.4 is 19.9 Å². The average molecular weight is 492 g/mol. The van der Waals surface area contributed by atoms with E-state index in [0.29, 0.717) is 22.9 Å². The van der Waals surface area contributed by atoms with Gasteiger partial charge in [0.1, 0.15) is 11.3 Å². The number of anilines is 2. The van der Waals surface area contributed by atoms with Gasteiger partial charge in [-0.1, -0.05) is 13.0 Å². The van der Waals surface area contributed by atoms with E-state index in [4.69, 9.17) is 17.0 Å². The number of benzene rings is 2. The minimum Gasteiger partial charge on any atom is -0.496 e. The normalized spacial score (nSPS) is 20.7. The third-order valence-electron chi connectivity index (χ3n) is 7.20. The van der Waals surface area contributed by atoms with E-state index >= 15 is 0 Å². The average Bonchev–Trinajstić information content (AvgIpc) is 2.78. The van der Waals surface area contributed by atoms with E-state index in [-0.39, 0.29) is 16.2 Å². The summed E-state index contributed by atoms with van der Waals surface area (Å²) in [6, 6.07) is 9.76. The van der Waals surface area contributed by atoms with Crippen LogP contribution in [0.2, 0.25) is 0 Å². The molecule has 0 saturated carbocycles. The molecule has 1 unspecified atom stereocenters. The van der Waals surface area contributed by atoms with Crippen molar-refractivity contribution < 1.29 is 14.3 Å². The van der Waals surface area contributed by atoms with Gasteiger partial charge in [-0.15, -0.1) is 0 Å². The molecule has 0 radical (unpaired) electrons. The Labute approximate surface area is 212 Å². The molecule has 1 atom stereocenters. The van der Waals surface area contributed by atoms with Crippen LogP contribution in [0.3, 0.4) is 0 Å². The van der Waals surface area contributed by atoms with Crippen molar-refractivity contribution in [3.8, 4) is 5.75 Å². The summed E-state index contributed by atoms with van der Waals surface area (Å²) >= 11 is 5.36. The predicted octanol–water partition coefficient (Wildman–Crippen LogP) is 5.26. The lowest BCUT2D eigenvalue weighted by molar-refractivity contribution is -0.122. The molecule has 2 heterocycles. The summed E-state index contributed by atoms with van der Waals surface area (Å²) < 4.78 is 5.73. The number of nitrogens with one attached hydrogen (secondary N) is 1. The van der Waals surface area contributed by atoms with Crippen molar-refractivity contribution in [3.63, 3.8) is 0 Å². The molecule has 2 aromatic carbocycles. The lowest BCUT2D eigenvalue weighted by Crippen LogP contribution is -2.54. The van der Waals surface area contributed by atoms with E-state index in [9.17, 15) is 9.59 Å². The van der Waals surface area contributed by atoms with Crippen LogP contribution in [0, 0.1) is 13.8 Å². The highest BCUT2D eigenvalue weighted by Crippen LogP contribution is 2.46. The third-order valence-corrected chi connectivity index (χ3v) is 7.49. The number of thiocarbonyl (C=S) groups is 1. The smallest absolute Gasteiger partial charge is 0.270 e. The first-order valence-electron chi connectivity index (χ1n) is 12.0. The molecule has 2 aliphatic heterocycles. The lowest BCUT2D eigenvalue weighted by Gasteiger charge is -2.47. The van der Waals surface area contributed by atoms with Crippen molar-refractivity contribution in [1.82, 2.24) is 5.32 Å². The number of amides is 2. The fourth-order valence-electron chi connectivity index (χ4n) is 5.33. The first-order valence-corrected chi connectivity index (χ1v) is 12.4. The van der Waals surface area contributed by atoms with Crippen LogP contribution in [0.1, 0.15) is 62.3 Å². The number of nitrogens with zero attached hydrogens (tertiary/aromatic N) is 2.